The Kier molecular flexibility index (Phi) is 9.94. The number of amides is 4. The van der Waals surface area contributed by atoms with Gasteiger partial charge in [-0.15, -0.1) is 0 Å². The second-order valence-electron chi connectivity index (χ2n) is 11.4. The van der Waals surface area contributed by atoms with Crippen molar-refractivity contribution in [3.63, 3.8) is 0 Å². The Balaban J connectivity index is 1.54. The molecule has 1 aromatic heterocycles. The van der Waals surface area contributed by atoms with Gasteiger partial charge in [0.15, 0.2) is 0 Å². The highest BCUT2D eigenvalue weighted by atomic mass is 16.6. The van der Waals surface area contributed by atoms with Gasteiger partial charge >= 0.3 is 23.8 Å². The quantitative estimate of drug-likeness (QED) is 0.403. The summed E-state index contributed by atoms with van der Waals surface area (Å²) in [5, 5.41) is 5.24. The van der Waals surface area contributed by atoms with Gasteiger partial charge in [-0.3, -0.25) is 19.5 Å². The van der Waals surface area contributed by atoms with E-state index in [9.17, 15) is 24.0 Å². The first-order valence-electron chi connectivity index (χ1n) is 13.5. The first-order valence-corrected chi connectivity index (χ1v) is 13.5. The summed E-state index contributed by atoms with van der Waals surface area (Å²) >= 11 is 0. The predicted octanol–water partition coefficient (Wildman–Crippen LogP) is 1.25. The number of carbonyl (C=O) groups is 4. The van der Waals surface area contributed by atoms with Crippen molar-refractivity contribution in [2.24, 2.45) is 5.73 Å². The third-order valence-electron chi connectivity index (χ3n) is 6.41. The van der Waals surface area contributed by atoms with Gasteiger partial charge in [0.1, 0.15) is 23.0 Å². The number of urea groups is 1. The maximum atomic E-state index is 13.0. The zero-order chi connectivity index (χ0) is 31.2. The molecule has 2 aromatic rings. The lowest BCUT2D eigenvalue weighted by atomic mass is 10.0. The van der Waals surface area contributed by atoms with E-state index in [2.05, 4.69) is 20.4 Å². The van der Waals surface area contributed by atoms with E-state index in [0.717, 1.165) is 5.56 Å². The highest BCUT2D eigenvalue weighted by Crippen LogP contribution is 2.15. The molecule has 3 rings (SSSR count). The minimum atomic E-state index is -1.20. The summed E-state index contributed by atoms with van der Waals surface area (Å²) in [6, 6.07) is 7.16. The van der Waals surface area contributed by atoms with Crippen molar-refractivity contribution in [3.05, 3.63) is 52.6 Å². The van der Waals surface area contributed by atoms with Gasteiger partial charge in [0.25, 0.3) is 0 Å². The van der Waals surface area contributed by atoms with Gasteiger partial charge < -0.3 is 30.3 Å². The molecule has 0 saturated carbocycles. The zero-order valence-corrected chi connectivity index (χ0v) is 24.8. The van der Waals surface area contributed by atoms with E-state index in [-0.39, 0.29) is 44.3 Å². The summed E-state index contributed by atoms with van der Waals surface area (Å²) < 4.78 is 11.2. The SMILES string of the molecule is COC(=O)C(N)Cc1ccc(-n2ccc(NC(=O)N3CCN(C(=O)C(C)(C)NC(=O)OC(C)(C)C)CC3)nc2=O)cc1. The van der Waals surface area contributed by atoms with Crippen LogP contribution >= 0.6 is 0 Å². The number of nitrogens with two attached hydrogens (primary N) is 1. The highest BCUT2D eigenvalue weighted by Gasteiger charge is 2.36. The average Bonchev–Trinajstić information content (AvgIpc) is 2.91. The molecular weight excluding hydrogens is 546 g/mol. The van der Waals surface area contributed by atoms with Gasteiger partial charge in [0, 0.05) is 32.4 Å². The third-order valence-corrected chi connectivity index (χ3v) is 6.41. The lowest BCUT2D eigenvalue weighted by Crippen LogP contribution is -2.60. The molecule has 1 aliphatic rings. The molecule has 4 N–H and O–H groups in total. The van der Waals surface area contributed by atoms with E-state index in [0.29, 0.717) is 5.69 Å². The molecule has 14 heteroatoms. The van der Waals surface area contributed by atoms with Crippen LogP contribution in [0.2, 0.25) is 0 Å². The summed E-state index contributed by atoms with van der Waals surface area (Å²) in [6.07, 6.45) is 1.09. The van der Waals surface area contributed by atoms with Gasteiger partial charge in [-0.2, -0.15) is 4.98 Å². The Morgan fingerprint density at radius 3 is 2.12 bits per heavy atom. The molecule has 1 aromatic carbocycles. The van der Waals surface area contributed by atoms with Gasteiger partial charge in [0.2, 0.25) is 5.91 Å². The number of methoxy groups -OCH3 is 1. The van der Waals surface area contributed by atoms with Crippen LogP contribution in [0.15, 0.2) is 41.3 Å². The van der Waals surface area contributed by atoms with E-state index in [1.54, 1.807) is 63.8 Å². The Morgan fingerprint density at radius 2 is 1.57 bits per heavy atom. The summed E-state index contributed by atoms with van der Waals surface area (Å²) in [4.78, 5) is 69.3. The summed E-state index contributed by atoms with van der Waals surface area (Å²) in [7, 11) is 1.27. The van der Waals surface area contributed by atoms with Gasteiger partial charge in [-0.05, 0) is 64.8 Å². The lowest BCUT2D eigenvalue weighted by molar-refractivity contribution is -0.142. The molecule has 0 spiro atoms. The molecule has 1 fully saturated rings. The molecule has 1 unspecified atom stereocenters. The number of hydrogen-bond donors (Lipinski definition) is 3. The number of ether oxygens (including phenoxy) is 2. The summed E-state index contributed by atoms with van der Waals surface area (Å²) in [5.41, 5.74) is 4.65. The molecule has 1 aliphatic heterocycles. The fourth-order valence-electron chi connectivity index (χ4n) is 4.26. The normalized spacial score (nSPS) is 14.5. The topological polar surface area (TPSA) is 178 Å². The number of rotatable bonds is 7. The number of alkyl carbamates (subject to hydrolysis) is 1. The maximum absolute atomic E-state index is 13.0. The Hall–Kier alpha value is -4.46. The predicted molar refractivity (Wildman–Crippen MR) is 154 cm³/mol. The highest BCUT2D eigenvalue weighted by molar-refractivity contribution is 5.90. The lowest BCUT2D eigenvalue weighted by Gasteiger charge is -2.38. The van der Waals surface area contributed by atoms with E-state index >= 15 is 0 Å². The van der Waals surface area contributed by atoms with Crippen LogP contribution in [0.4, 0.5) is 15.4 Å². The number of aromatic nitrogens is 2. The van der Waals surface area contributed by atoms with Gasteiger partial charge in [-0.25, -0.2) is 14.4 Å². The van der Waals surface area contributed by atoms with Crippen LogP contribution in [0, 0.1) is 0 Å². The first kappa shape index (κ1) is 32.1. The monoisotopic (exact) mass is 585 g/mol. The average molecular weight is 586 g/mol. The first-order chi connectivity index (χ1) is 19.6. The fourth-order valence-corrected chi connectivity index (χ4v) is 4.26. The number of nitrogens with zero attached hydrogens (tertiary/aromatic N) is 4. The number of esters is 1. The Morgan fingerprint density at radius 1 is 0.976 bits per heavy atom. The van der Waals surface area contributed by atoms with Crippen molar-refractivity contribution >= 4 is 29.8 Å². The summed E-state index contributed by atoms with van der Waals surface area (Å²) in [5.74, 6) is -0.717. The molecule has 2 heterocycles. The minimum Gasteiger partial charge on any atom is -0.468 e. The van der Waals surface area contributed by atoms with Crippen LogP contribution < -0.4 is 22.1 Å². The van der Waals surface area contributed by atoms with Gasteiger partial charge in [-0.1, -0.05) is 12.1 Å². The van der Waals surface area contributed by atoms with Crippen LogP contribution in [0.5, 0.6) is 0 Å². The number of piperazine rings is 1. The Bertz CT molecular complexity index is 1360. The van der Waals surface area contributed by atoms with Crippen LogP contribution in [-0.2, 0) is 25.5 Å². The van der Waals surface area contributed by atoms with Crippen LogP contribution in [0.25, 0.3) is 5.69 Å². The van der Waals surface area contributed by atoms with Crippen molar-refractivity contribution in [2.75, 3.05) is 38.6 Å². The van der Waals surface area contributed by atoms with Crippen LogP contribution in [0.3, 0.4) is 0 Å². The molecule has 1 saturated heterocycles. The molecule has 42 heavy (non-hydrogen) atoms. The van der Waals surface area contributed by atoms with Crippen molar-refractivity contribution in [3.8, 4) is 5.69 Å². The largest absolute Gasteiger partial charge is 0.468 e. The van der Waals surface area contributed by atoms with Crippen molar-refractivity contribution in [1.29, 1.82) is 0 Å². The molecular formula is C28H39N7O7. The third kappa shape index (κ3) is 8.52. The zero-order valence-electron chi connectivity index (χ0n) is 24.8. The number of anilines is 1. The van der Waals surface area contributed by atoms with Crippen molar-refractivity contribution < 1.29 is 28.7 Å². The number of nitrogens with one attached hydrogen (secondary N) is 2. The van der Waals surface area contributed by atoms with Crippen molar-refractivity contribution in [1.82, 2.24) is 24.7 Å². The fraction of sp³-hybridized carbons (Fsp3) is 0.500. The second kappa shape index (κ2) is 13.0. The summed E-state index contributed by atoms with van der Waals surface area (Å²) in [6.45, 7) is 9.44. The van der Waals surface area contributed by atoms with E-state index < -0.39 is 41.0 Å². The van der Waals surface area contributed by atoms with Crippen LogP contribution in [-0.4, -0.2) is 93.8 Å². The van der Waals surface area contributed by atoms with Crippen LogP contribution in [0.1, 0.15) is 40.2 Å². The molecule has 0 bridgehead atoms. The molecule has 14 nitrogen and oxygen atoms in total. The molecule has 0 aliphatic carbocycles. The molecule has 228 valence electrons. The van der Waals surface area contributed by atoms with Crippen molar-refractivity contribution in [2.45, 2.75) is 58.2 Å². The second-order valence-corrected chi connectivity index (χ2v) is 11.4. The van der Waals surface area contributed by atoms with E-state index in [1.165, 1.54) is 28.8 Å². The van der Waals surface area contributed by atoms with E-state index in [4.69, 9.17) is 10.5 Å². The number of carbonyl (C=O) groups excluding carboxylic acids is 4. The minimum absolute atomic E-state index is 0.0862. The maximum Gasteiger partial charge on any atom is 0.408 e. The smallest absolute Gasteiger partial charge is 0.408 e. The molecule has 0 radical (unpaired) electrons. The standard InChI is InChI=1S/C28H39N7O7/c1-27(2,3)42-26(40)32-28(4,5)23(37)33-13-15-34(16-14-33)24(38)30-21-11-12-35(25(39)31-21)19-9-7-18(8-10-19)17-20(29)22(36)41-6/h7-12,20H,13-17,29H2,1-6H3,(H,32,40)(H,30,31,38,39). The number of benzene rings is 1. The molecule has 4 amide bonds. The molecule has 1 atom stereocenters. The van der Waals surface area contributed by atoms with Gasteiger partial charge in [0.05, 0.1) is 12.8 Å². The van der Waals surface area contributed by atoms with E-state index in [1.807, 2.05) is 0 Å². The number of hydrogen-bond acceptors (Lipinski definition) is 9. The Labute approximate surface area is 244 Å².